The zero-order chi connectivity index (χ0) is 18.3. The molecule has 3 N–H and O–H groups in total. The summed E-state index contributed by atoms with van der Waals surface area (Å²) in [5, 5.41) is 17.5. The van der Waals surface area contributed by atoms with Gasteiger partial charge in [0.15, 0.2) is 5.96 Å². The topological polar surface area (TPSA) is 65.9 Å². The van der Waals surface area contributed by atoms with Crippen molar-refractivity contribution in [1.29, 1.82) is 0 Å². The third-order valence-corrected chi connectivity index (χ3v) is 5.49. The Kier molecular flexibility index (Phi) is 10.2. The zero-order valence-electron chi connectivity index (χ0n) is 17.1. The van der Waals surface area contributed by atoms with Gasteiger partial charge in [-0.2, -0.15) is 0 Å². The number of guanidine groups is 1. The Morgan fingerprint density at radius 3 is 2.46 bits per heavy atom. The number of ether oxygens (including phenoxy) is 1. The molecule has 2 atom stereocenters. The summed E-state index contributed by atoms with van der Waals surface area (Å²) >= 11 is 0. The first-order valence-corrected chi connectivity index (χ1v) is 10.2. The van der Waals surface area contributed by atoms with Crippen LogP contribution in [-0.4, -0.2) is 49.0 Å². The van der Waals surface area contributed by atoms with Crippen LogP contribution in [0.5, 0.6) is 0 Å². The lowest BCUT2D eigenvalue weighted by molar-refractivity contribution is -0.0835. The van der Waals surface area contributed by atoms with E-state index in [1.807, 2.05) is 0 Å². The number of aliphatic imine (C=N–C) groups is 1. The molecule has 2 unspecified atom stereocenters. The molecular weight excluding hydrogens is 441 g/mol. The summed E-state index contributed by atoms with van der Waals surface area (Å²) < 4.78 is 6.08. The fourth-order valence-electron chi connectivity index (χ4n) is 4.17. The summed E-state index contributed by atoms with van der Waals surface area (Å²) in [4.78, 5) is 4.68. The van der Waals surface area contributed by atoms with Gasteiger partial charge in [-0.05, 0) is 38.0 Å². The minimum atomic E-state index is -0.609. The van der Waals surface area contributed by atoms with E-state index >= 15 is 0 Å². The first kappa shape index (κ1) is 24.0. The van der Waals surface area contributed by atoms with E-state index in [2.05, 4.69) is 43.3 Å². The standard InChI is InChI=1S/C20H39N3O2.HI/c1-5-21-18(23-15-20(24)11-7-6-8-12-20)22-14-16-10-9-13-25-17(16)19(2,3)4;/h16-17,24H,5-15H2,1-4H3,(H2,21,22,23);1H. The van der Waals surface area contributed by atoms with E-state index in [0.29, 0.717) is 12.5 Å². The first-order valence-electron chi connectivity index (χ1n) is 10.2. The summed E-state index contributed by atoms with van der Waals surface area (Å²) in [6.45, 7) is 11.9. The number of nitrogens with one attached hydrogen (secondary N) is 2. The predicted molar refractivity (Wildman–Crippen MR) is 119 cm³/mol. The highest BCUT2D eigenvalue weighted by atomic mass is 127. The second kappa shape index (κ2) is 11.1. The van der Waals surface area contributed by atoms with Crippen LogP contribution in [0.25, 0.3) is 0 Å². The highest BCUT2D eigenvalue weighted by Crippen LogP contribution is 2.33. The van der Waals surface area contributed by atoms with Gasteiger partial charge in [0.25, 0.3) is 0 Å². The Labute approximate surface area is 177 Å². The van der Waals surface area contributed by atoms with Gasteiger partial charge in [-0.1, -0.05) is 40.0 Å². The quantitative estimate of drug-likeness (QED) is 0.318. The highest BCUT2D eigenvalue weighted by Gasteiger charge is 2.35. The van der Waals surface area contributed by atoms with Crippen LogP contribution in [0.4, 0.5) is 0 Å². The minimum Gasteiger partial charge on any atom is -0.388 e. The summed E-state index contributed by atoms with van der Waals surface area (Å²) in [5.41, 5.74) is -0.456. The largest absolute Gasteiger partial charge is 0.388 e. The van der Waals surface area contributed by atoms with Crippen molar-refractivity contribution < 1.29 is 9.84 Å². The van der Waals surface area contributed by atoms with Gasteiger partial charge < -0.3 is 20.5 Å². The van der Waals surface area contributed by atoms with Crippen molar-refractivity contribution in [3.8, 4) is 0 Å². The monoisotopic (exact) mass is 481 g/mol. The number of aliphatic hydroxyl groups is 1. The Morgan fingerprint density at radius 1 is 1.15 bits per heavy atom. The molecule has 0 radical (unpaired) electrons. The molecule has 1 saturated heterocycles. The van der Waals surface area contributed by atoms with E-state index in [-0.39, 0.29) is 35.5 Å². The Morgan fingerprint density at radius 2 is 1.85 bits per heavy atom. The summed E-state index contributed by atoms with van der Waals surface area (Å²) in [6.07, 6.45) is 7.81. The van der Waals surface area contributed by atoms with Crippen LogP contribution in [0.2, 0.25) is 0 Å². The van der Waals surface area contributed by atoms with Crippen LogP contribution in [0.15, 0.2) is 4.99 Å². The first-order chi connectivity index (χ1) is 11.8. The number of hydrogen-bond donors (Lipinski definition) is 3. The molecule has 0 aromatic carbocycles. The van der Waals surface area contributed by atoms with Gasteiger partial charge in [0.2, 0.25) is 0 Å². The van der Waals surface area contributed by atoms with Gasteiger partial charge in [-0.15, -0.1) is 24.0 Å². The van der Waals surface area contributed by atoms with Crippen molar-refractivity contribution in [2.75, 3.05) is 26.2 Å². The van der Waals surface area contributed by atoms with Crippen molar-refractivity contribution in [1.82, 2.24) is 10.6 Å². The molecule has 0 amide bonds. The molecule has 1 saturated carbocycles. The minimum absolute atomic E-state index is 0. The van der Waals surface area contributed by atoms with Crippen LogP contribution in [0, 0.1) is 11.3 Å². The molecule has 1 aliphatic carbocycles. The number of nitrogens with zero attached hydrogens (tertiary/aromatic N) is 1. The second-order valence-electron chi connectivity index (χ2n) is 8.92. The van der Waals surface area contributed by atoms with Crippen LogP contribution < -0.4 is 10.6 Å². The van der Waals surface area contributed by atoms with Gasteiger partial charge in [0.05, 0.1) is 18.2 Å². The molecule has 2 rings (SSSR count). The fourth-order valence-corrected chi connectivity index (χ4v) is 4.17. The molecule has 0 aromatic heterocycles. The van der Waals surface area contributed by atoms with E-state index in [9.17, 15) is 5.11 Å². The molecule has 0 aromatic rings. The molecule has 6 heteroatoms. The Balaban J connectivity index is 0.00000338. The van der Waals surface area contributed by atoms with E-state index in [1.165, 1.54) is 12.8 Å². The van der Waals surface area contributed by atoms with E-state index in [0.717, 1.165) is 57.8 Å². The smallest absolute Gasteiger partial charge is 0.191 e. The maximum Gasteiger partial charge on any atom is 0.191 e. The molecule has 1 heterocycles. The lowest BCUT2D eigenvalue weighted by Gasteiger charge is -2.40. The maximum atomic E-state index is 10.7. The Hall–Kier alpha value is -0.0800. The molecule has 2 aliphatic rings. The van der Waals surface area contributed by atoms with Gasteiger partial charge in [-0.3, -0.25) is 4.99 Å². The maximum absolute atomic E-state index is 10.7. The van der Waals surface area contributed by atoms with Crippen molar-refractivity contribution in [3.05, 3.63) is 0 Å². The predicted octanol–water partition coefficient (Wildman–Crippen LogP) is 3.70. The normalized spacial score (nSPS) is 26.7. The average molecular weight is 481 g/mol. The highest BCUT2D eigenvalue weighted by molar-refractivity contribution is 14.0. The Bertz CT molecular complexity index is 431. The SMILES string of the molecule is CCNC(=NCC1(O)CCCCC1)NCC1CCCOC1C(C)(C)C.I. The number of rotatable bonds is 5. The lowest BCUT2D eigenvalue weighted by Crippen LogP contribution is -2.48. The molecular formula is C20H40IN3O2. The third kappa shape index (κ3) is 7.50. The fraction of sp³-hybridized carbons (Fsp3) is 0.950. The second-order valence-corrected chi connectivity index (χ2v) is 8.92. The lowest BCUT2D eigenvalue weighted by atomic mass is 9.78. The van der Waals surface area contributed by atoms with Gasteiger partial charge in [0.1, 0.15) is 0 Å². The van der Waals surface area contributed by atoms with Crippen LogP contribution in [0.1, 0.15) is 72.6 Å². The van der Waals surface area contributed by atoms with E-state index in [4.69, 9.17) is 4.74 Å². The van der Waals surface area contributed by atoms with Crippen LogP contribution in [0.3, 0.4) is 0 Å². The van der Waals surface area contributed by atoms with Crippen molar-refractivity contribution in [2.45, 2.75) is 84.3 Å². The average Bonchev–Trinajstić information content (AvgIpc) is 2.57. The number of halogens is 1. The van der Waals surface area contributed by atoms with Gasteiger partial charge in [0, 0.05) is 25.6 Å². The molecule has 154 valence electrons. The molecule has 5 nitrogen and oxygen atoms in total. The molecule has 0 spiro atoms. The van der Waals surface area contributed by atoms with E-state index in [1.54, 1.807) is 0 Å². The number of hydrogen-bond acceptors (Lipinski definition) is 3. The zero-order valence-corrected chi connectivity index (χ0v) is 19.5. The van der Waals surface area contributed by atoms with E-state index < -0.39 is 5.60 Å². The molecule has 0 bridgehead atoms. The van der Waals surface area contributed by atoms with Crippen molar-refractivity contribution in [2.24, 2.45) is 16.3 Å². The summed E-state index contributed by atoms with van der Waals surface area (Å²) in [7, 11) is 0. The summed E-state index contributed by atoms with van der Waals surface area (Å²) in [5.74, 6) is 1.31. The van der Waals surface area contributed by atoms with Gasteiger partial charge in [-0.25, -0.2) is 0 Å². The van der Waals surface area contributed by atoms with Crippen LogP contribution >= 0.6 is 24.0 Å². The van der Waals surface area contributed by atoms with Gasteiger partial charge >= 0.3 is 0 Å². The molecule has 2 fully saturated rings. The van der Waals surface area contributed by atoms with Crippen LogP contribution in [-0.2, 0) is 4.74 Å². The third-order valence-electron chi connectivity index (χ3n) is 5.49. The van der Waals surface area contributed by atoms with Crippen molar-refractivity contribution >= 4 is 29.9 Å². The summed E-state index contributed by atoms with van der Waals surface area (Å²) in [6, 6.07) is 0. The molecule has 26 heavy (non-hydrogen) atoms. The molecule has 1 aliphatic heterocycles. The van der Waals surface area contributed by atoms with Crippen molar-refractivity contribution in [3.63, 3.8) is 0 Å².